The minimum absolute atomic E-state index is 0.543. The van der Waals surface area contributed by atoms with Crippen LogP contribution in [0.3, 0.4) is 0 Å². The molecule has 90 valence electrons. The molecule has 0 aromatic heterocycles. The van der Waals surface area contributed by atoms with Crippen LogP contribution in [0.4, 0.5) is 5.69 Å². The first-order valence-electron chi connectivity index (χ1n) is 5.83. The number of hydrogen-bond donors (Lipinski definition) is 1. The first-order chi connectivity index (χ1) is 7.58. The van der Waals surface area contributed by atoms with Crippen molar-refractivity contribution in [2.24, 2.45) is 5.92 Å². The zero-order valence-corrected chi connectivity index (χ0v) is 11.1. The molecule has 1 aromatic rings. The highest BCUT2D eigenvalue weighted by atomic mass is 32.2. The summed E-state index contributed by atoms with van der Waals surface area (Å²) in [7, 11) is -0.915. The Kier molecular flexibility index (Phi) is 5.00. The van der Waals surface area contributed by atoms with Crippen LogP contribution < -0.4 is 5.73 Å². The number of nitrogen functional groups attached to an aromatic ring is 1. The van der Waals surface area contributed by atoms with Crippen molar-refractivity contribution in [2.75, 3.05) is 11.5 Å². The predicted octanol–water partition coefficient (Wildman–Crippen LogP) is 3.12. The Labute approximate surface area is 101 Å². The molecule has 16 heavy (non-hydrogen) atoms. The van der Waals surface area contributed by atoms with E-state index in [4.69, 9.17) is 5.73 Å². The van der Waals surface area contributed by atoms with E-state index in [-0.39, 0.29) is 0 Å². The quantitative estimate of drug-likeness (QED) is 0.802. The van der Waals surface area contributed by atoms with Crippen molar-refractivity contribution >= 4 is 16.5 Å². The molecule has 1 rings (SSSR count). The summed E-state index contributed by atoms with van der Waals surface area (Å²) in [5.41, 5.74) is 7.49. The standard InChI is InChI=1S/C13H21NOS/c1-4-11(5-2)9-16(15)13-8-12(14)7-6-10(13)3/h6-8,11H,4-5,9,14H2,1-3H3. The van der Waals surface area contributed by atoms with Crippen LogP contribution in [0, 0.1) is 12.8 Å². The van der Waals surface area contributed by atoms with E-state index in [0.717, 1.165) is 29.1 Å². The molecule has 2 N–H and O–H groups in total. The van der Waals surface area contributed by atoms with E-state index < -0.39 is 10.8 Å². The average Bonchev–Trinajstić information content (AvgIpc) is 2.28. The number of nitrogens with two attached hydrogens (primary N) is 1. The summed E-state index contributed by atoms with van der Waals surface area (Å²) in [6.07, 6.45) is 2.17. The largest absolute Gasteiger partial charge is 0.399 e. The zero-order chi connectivity index (χ0) is 12.1. The van der Waals surface area contributed by atoms with E-state index in [9.17, 15) is 4.21 Å². The van der Waals surface area contributed by atoms with Gasteiger partial charge in [0, 0.05) is 16.3 Å². The van der Waals surface area contributed by atoms with Crippen molar-refractivity contribution in [3.8, 4) is 0 Å². The third-order valence-electron chi connectivity index (χ3n) is 3.00. The van der Waals surface area contributed by atoms with Crippen LogP contribution in [0.2, 0.25) is 0 Å². The summed E-state index contributed by atoms with van der Waals surface area (Å²) in [5.74, 6) is 1.29. The van der Waals surface area contributed by atoms with Crippen molar-refractivity contribution in [1.82, 2.24) is 0 Å². The number of benzene rings is 1. The Morgan fingerprint density at radius 2 is 1.94 bits per heavy atom. The lowest BCUT2D eigenvalue weighted by molar-refractivity contribution is 0.544. The minimum atomic E-state index is -0.915. The zero-order valence-electron chi connectivity index (χ0n) is 10.3. The van der Waals surface area contributed by atoms with E-state index in [0.29, 0.717) is 11.6 Å². The molecule has 0 saturated carbocycles. The normalized spacial score (nSPS) is 13.0. The van der Waals surface area contributed by atoms with E-state index >= 15 is 0 Å². The third kappa shape index (κ3) is 3.34. The molecule has 0 aliphatic rings. The van der Waals surface area contributed by atoms with Crippen LogP contribution in [0.15, 0.2) is 23.1 Å². The van der Waals surface area contributed by atoms with Gasteiger partial charge in [-0.2, -0.15) is 0 Å². The van der Waals surface area contributed by atoms with E-state index in [2.05, 4.69) is 13.8 Å². The van der Waals surface area contributed by atoms with Crippen LogP contribution >= 0.6 is 0 Å². The highest BCUT2D eigenvalue weighted by molar-refractivity contribution is 7.85. The molecule has 0 spiro atoms. The summed E-state index contributed by atoms with van der Waals surface area (Å²) in [4.78, 5) is 0.895. The van der Waals surface area contributed by atoms with E-state index in [1.165, 1.54) is 0 Å². The first kappa shape index (κ1) is 13.2. The van der Waals surface area contributed by atoms with Crippen molar-refractivity contribution < 1.29 is 4.21 Å². The fourth-order valence-electron chi connectivity index (χ4n) is 1.69. The molecular weight excluding hydrogens is 218 g/mol. The molecule has 0 aliphatic carbocycles. The van der Waals surface area contributed by atoms with Crippen molar-refractivity contribution in [1.29, 1.82) is 0 Å². The van der Waals surface area contributed by atoms with Gasteiger partial charge >= 0.3 is 0 Å². The Morgan fingerprint density at radius 1 is 1.31 bits per heavy atom. The minimum Gasteiger partial charge on any atom is -0.399 e. The summed E-state index contributed by atoms with van der Waals surface area (Å²) in [5, 5.41) is 0. The second kappa shape index (κ2) is 6.04. The third-order valence-corrected chi connectivity index (χ3v) is 4.70. The lowest BCUT2D eigenvalue weighted by Crippen LogP contribution is -2.10. The predicted molar refractivity (Wildman–Crippen MR) is 70.9 cm³/mol. The molecule has 3 heteroatoms. The van der Waals surface area contributed by atoms with Crippen molar-refractivity contribution in [3.05, 3.63) is 23.8 Å². The molecule has 0 aliphatic heterocycles. The van der Waals surface area contributed by atoms with Gasteiger partial charge in [0.1, 0.15) is 0 Å². The van der Waals surface area contributed by atoms with Gasteiger partial charge in [-0.05, 0) is 30.5 Å². The molecule has 1 atom stereocenters. The summed E-state index contributed by atoms with van der Waals surface area (Å²) >= 11 is 0. The molecular formula is C13H21NOS. The van der Waals surface area contributed by atoms with Gasteiger partial charge in [0.2, 0.25) is 0 Å². The molecule has 1 aromatic carbocycles. The fraction of sp³-hybridized carbons (Fsp3) is 0.538. The molecule has 2 nitrogen and oxygen atoms in total. The van der Waals surface area contributed by atoms with Crippen LogP contribution in [-0.2, 0) is 10.8 Å². The molecule has 0 amide bonds. The van der Waals surface area contributed by atoms with Crippen molar-refractivity contribution in [3.63, 3.8) is 0 Å². The first-order valence-corrected chi connectivity index (χ1v) is 7.14. The van der Waals surface area contributed by atoms with Crippen molar-refractivity contribution in [2.45, 2.75) is 38.5 Å². The van der Waals surface area contributed by atoms with Gasteiger partial charge in [0.15, 0.2) is 0 Å². The summed E-state index contributed by atoms with van der Waals surface area (Å²) in [6, 6.07) is 5.64. The molecule has 0 saturated heterocycles. The Morgan fingerprint density at radius 3 is 2.50 bits per heavy atom. The second-order valence-corrected chi connectivity index (χ2v) is 5.68. The van der Waals surface area contributed by atoms with Gasteiger partial charge < -0.3 is 5.73 Å². The number of anilines is 1. The molecule has 0 fully saturated rings. The maximum atomic E-state index is 12.2. The maximum Gasteiger partial charge on any atom is 0.0535 e. The van der Waals surface area contributed by atoms with Crippen LogP contribution in [0.5, 0.6) is 0 Å². The van der Waals surface area contributed by atoms with E-state index in [1.807, 2.05) is 25.1 Å². The fourth-order valence-corrected chi connectivity index (χ4v) is 3.46. The van der Waals surface area contributed by atoms with Crippen LogP contribution in [0.1, 0.15) is 32.3 Å². The van der Waals surface area contributed by atoms with Gasteiger partial charge in [-0.3, -0.25) is 4.21 Å². The number of aryl methyl sites for hydroxylation is 1. The van der Waals surface area contributed by atoms with Crippen LogP contribution in [-0.4, -0.2) is 9.96 Å². The van der Waals surface area contributed by atoms with Gasteiger partial charge in [-0.1, -0.05) is 32.8 Å². The SMILES string of the molecule is CCC(CC)CS(=O)c1cc(N)ccc1C. The average molecular weight is 239 g/mol. The topological polar surface area (TPSA) is 43.1 Å². The Balaban J connectivity index is 2.83. The van der Waals surface area contributed by atoms with Gasteiger partial charge in [0.25, 0.3) is 0 Å². The second-order valence-electron chi connectivity index (χ2n) is 4.22. The highest BCUT2D eigenvalue weighted by Gasteiger charge is 2.12. The molecule has 1 unspecified atom stereocenters. The van der Waals surface area contributed by atoms with E-state index in [1.54, 1.807) is 0 Å². The summed E-state index contributed by atoms with van der Waals surface area (Å²) < 4.78 is 12.2. The molecule has 0 radical (unpaired) electrons. The lowest BCUT2D eigenvalue weighted by atomic mass is 10.1. The van der Waals surface area contributed by atoms with Gasteiger partial charge in [-0.15, -0.1) is 0 Å². The van der Waals surface area contributed by atoms with Gasteiger partial charge in [0.05, 0.1) is 10.8 Å². The summed E-state index contributed by atoms with van der Waals surface area (Å²) in [6.45, 7) is 6.29. The maximum absolute atomic E-state index is 12.2. The lowest BCUT2D eigenvalue weighted by Gasteiger charge is -2.13. The Hall–Kier alpha value is -0.830. The monoisotopic (exact) mass is 239 g/mol. The Bertz CT molecular complexity index is 372. The van der Waals surface area contributed by atoms with Crippen LogP contribution in [0.25, 0.3) is 0 Å². The molecule has 0 heterocycles. The number of rotatable bonds is 5. The van der Waals surface area contributed by atoms with Gasteiger partial charge in [-0.25, -0.2) is 0 Å². The molecule has 0 bridgehead atoms. The smallest absolute Gasteiger partial charge is 0.0535 e. The number of hydrogen-bond acceptors (Lipinski definition) is 2. The highest BCUT2D eigenvalue weighted by Crippen LogP contribution is 2.20.